The number of aliphatic hydroxyl groups excluding tert-OH is 1. The Kier molecular flexibility index (Phi) is 6.76. The highest BCUT2D eigenvalue weighted by Crippen LogP contribution is 1.99. The van der Waals surface area contributed by atoms with Gasteiger partial charge in [-0.2, -0.15) is 5.26 Å². The Morgan fingerprint density at radius 3 is 2.82 bits per heavy atom. The third kappa shape index (κ3) is 7.08. The number of nitrogens with zero attached hydrogens (tertiary/aromatic N) is 1. The van der Waals surface area contributed by atoms with Crippen molar-refractivity contribution in [2.45, 2.75) is 38.7 Å². The summed E-state index contributed by atoms with van der Waals surface area (Å²) in [6.07, 6.45) is 7.01. The highest BCUT2D eigenvalue weighted by molar-refractivity contribution is 5.00. The van der Waals surface area contributed by atoms with Gasteiger partial charge in [-0.05, 0) is 18.9 Å². The molecule has 62 valence electrons. The molecule has 1 N–H and O–H groups in total. The molecule has 0 spiro atoms. The Hall–Kier alpha value is -0.810. The number of aliphatic hydroxyl groups is 1. The van der Waals surface area contributed by atoms with Crippen LogP contribution in [-0.4, -0.2) is 11.2 Å². The van der Waals surface area contributed by atoms with E-state index in [4.69, 9.17) is 10.4 Å². The van der Waals surface area contributed by atoms with E-state index >= 15 is 0 Å². The Morgan fingerprint density at radius 2 is 2.27 bits per heavy atom. The Labute approximate surface area is 68.2 Å². The summed E-state index contributed by atoms with van der Waals surface area (Å²) < 4.78 is 0. The molecule has 0 aromatic heterocycles. The third-order valence-electron chi connectivity index (χ3n) is 1.42. The zero-order valence-electron chi connectivity index (χ0n) is 6.95. The molecule has 1 unspecified atom stereocenters. The van der Waals surface area contributed by atoms with Crippen molar-refractivity contribution < 1.29 is 5.11 Å². The molecule has 11 heavy (non-hydrogen) atoms. The molecular weight excluding hydrogens is 138 g/mol. The molecule has 0 radical (unpaired) electrons. The maximum Gasteiger partial charge on any atom is 0.159 e. The Balaban J connectivity index is 3.24. The van der Waals surface area contributed by atoms with Gasteiger partial charge in [-0.3, -0.25) is 0 Å². The van der Waals surface area contributed by atoms with Crippen molar-refractivity contribution in [3.8, 4) is 6.07 Å². The van der Waals surface area contributed by atoms with E-state index in [-0.39, 0.29) is 0 Å². The van der Waals surface area contributed by atoms with Crippen LogP contribution in [0.1, 0.15) is 32.6 Å². The molecule has 0 heterocycles. The summed E-state index contributed by atoms with van der Waals surface area (Å²) in [6, 6.07) is 1.72. The molecule has 2 heteroatoms. The molecule has 0 saturated carbocycles. The molecule has 0 aliphatic carbocycles. The van der Waals surface area contributed by atoms with Gasteiger partial charge in [-0.25, -0.2) is 0 Å². The molecule has 0 aliphatic rings. The minimum atomic E-state index is -0.920. The lowest BCUT2D eigenvalue weighted by molar-refractivity contribution is 0.278. The second-order valence-corrected chi connectivity index (χ2v) is 2.50. The van der Waals surface area contributed by atoms with E-state index in [1.807, 2.05) is 6.08 Å². The fraction of sp³-hybridized carbons (Fsp3) is 0.667. The maximum atomic E-state index is 8.77. The van der Waals surface area contributed by atoms with E-state index in [1.54, 1.807) is 6.07 Å². The number of nitriles is 1. The number of unbranched alkanes of at least 4 members (excludes halogenated alkanes) is 3. The standard InChI is InChI=1S/C9H15NO/c1-2-3-4-5-6-7-9(11)8-10/h6-7,9,11H,2-5H2,1H3/b7-6+. The smallest absolute Gasteiger partial charge is 0.159 e. The van der Waals surface area contributed by atoms with Crippen molar-refractivity contribution >= 4 is 0 Å². The van der Waals surface area contributed by atoms with Crippen LogP contribution in [0, 0.1) is 11.3 Å². The first-order chi connectivity index (χ1) is 5.31. The molecule has 0 aromatic rings. The van der Waals surface area contributed by atoms with E-state index in [2.05, 4.69) is 6.92 Å². The highest BCUT2D eigenvalue weighted by atomic mass is 16.3. The van der Waals surface area contributed by atoms with Gasteiger partial charge in [0.1, 0.15) is 0 Å². The summed E-state index contributed by atoms with van der Waals surface area (Å²) in [4.78, 5) is 0. The van der Waals surface area contributed by atoms with Crippen LogP contribution in [-0.2, 0) is 0 Å². The Morgan fingerprint density at radius 1 is 1.55 bits per heavy atom. The summed E-state index contributed by atoms with van der Waals surface area (Å²) in [5, 5.41) is 17.0. The van der Waals surface area contributed by atoms with E-state index in [0.717, 1.165) is 12.8 Å². The lowest BCUT2D eigenvalue weighted by atomic mass is 10.2. The molecule has 0 fully saturated rings. The zero-order chi connectivity index (χ0) is 8.53. The first-order valence-corrected chi connectivity index (χ1v) is 4.05. The summed E-state index contributed by atoms with van der Waals surface area (Å²) in [5.41, 5.74) is 0. The molecule has 0 amide bonds. The molecule has 1 atom stereocenters. The van der Waals surface area contributed by atoms with E-state index in [1.165, 1.54) is 18.9 Å². The molecule has 0 rings (SSSR count). The predicted octanol–water partition coefficient (Wildman–Crippen LogP) is 2.01. The SMILES string of the molecule is CCCCC/C=C/C(O)C#N. The van der Waals surface area contributed by atoms with Gasteiger partial charge in [0.15, 0.2) is 6.10 Å². The normalized spacial score (nSPS) is 13.2. The molecule has 0 aliphatic heterocycles. The summed E-state index contributed by atoms with van der Waals surface area (Å²) in [5.74, 6) is 0. The summed E-state index contributed by atoms with van der Waals surface area (Å²) in [6.45, 7) is 2.15. The topological polar surface area (TPSA) is 44.0 Å². The third-order valence-corrected chi connectivity index (χ3v) is 1.42. The van der Waals surface area contributed by atoms with Crippen LogP contribution < -0.4 is 0 Å². The van der Waals surface area contributed by atoms with Crippen molar-refractivity contribution in [2.75, 3.05) is 0 Å². The van der Waals surface area contributed by atoms with Gasteiger partial charge in [0, 0.05) is 0 Å². The minimum Gasteiger partial charge on any atom is -0.374 e. The highest BCUT2D eigenvalue weighted by Gasteiger charge is 1.90. The van der Waals surface area contributed by atoms with Crippen LogP contribution in [0.5, 0.6) is 0 Å². The van der Waals surface area contributed by atoms with Crippen LogP contribution in [0.3, 0.4) is 0 Å². The number of rotatable bonds is 5. The predicted molar refractivity (Wildman–Crippen MR) is 44.9 cm³/mol. The van der Waals surface area contributed by atoms with E-state index in [9.17, 15) is 0 Å². The van der Waals surface area contributed by atoms with E-state index in [0.29, 0.717) is 0 Å². The lowest BCUT2D eigenvalue weighted by Gasteiger charge is -1.92. The van der Waals surface area contributed by atoms with Gasteiger partial charge < -0.3 is 5.11 Å². The zero-order valence-corrected chi connectivity index (χ0v) is 6.95. The average Bonchev–Trinajstić information content (AvgIpc) is 2.04. The first kappa shape index (κ1) is 10.2. The Bertz CT molecular complexity index is 146. The van der Waals surface area contributed by atoms with Crippen LogP contribution >= 0.6 is 0 Å². The van der Waals surface area contributed by atoms with E-state index < -0.39 is 6.10 Å². The second-order valence-electron chi connectivity index (χ2n) is 2.50. The van der Waals surface area contributed by atoms with Gasteiger partial charge in [0.25, 0.3) is 0 Å². The van der Waals surface area contributed by atoms with Gasteiger partial charge in [-0.1, -0.05) is 25.8 Å². The van der Waals surface area contributed by atoms with Gasteiger partial charge in [-0.15, -0.1) is 0 Å². The van der Waals surface area contributed by atoms with Gasteiger partial charge in [0.2, 0.25) is 0 Å². The van der Waals surface area contributed by atoms with Crippen LogP contribution in [0.25, 0.3) is 0 Å². The summed E-state index contributed by atoms with van der Waals surface area (Å²) >= 11 is 0. The lowest BCUT2D eigenvalue weighted by Crippen LogP contribution is -1.95. The number of hydrogen-bond donors (Lipinski definition) is 1. The monoisotopic (exact) mass is 153 g/mol. The fourth-order valence-corrected chi connectivity index (χ4v) is 0.780. The van der Waals surface area contributed by atoms with Crippen molar-refractivity contribution in [2.24, 2.45) is 0 Å². The molecular formula is C9H15NO. The van der Waals surface area contributed by atoms with Gasteiger partial charge in [0.05, 0.1) is 6.07 Å². The second kappa shape index (κ2) is 7.30. The van der Waals surface area contributed by atoms with Crippen molar-refractivity contribution in [3.63, 3.8) is 0 Å². The van der Waals surface area contributed by atoms with Crippen molar-refractivity contribution in [3.05, 3.63) is 12.2 Å². The van der Waals surface area contributed by atoms with Crippen LogP contribution in [0.15, 0.2) is 12.2 Å². The largest absolute Gasteiger partial charge is 0.374 e. The number of allylic oxidation sites excluding steroid dienone is 1. The molecule has 2 nitrogen and oxygen atoms in total. The fourth-order valence-electron chi connectivity index (χ4n) is 0.780. The van der Waals surface area contributed by atoms with Crippen molar-refractivity contribution in [1.82, 2.24) is 0 Å². The van der Waals surface area contributed by atoms with Crippen LogP contribution in [0.4, 0.5) is 0 Å². The molecule has 0 saturated heterocycles. The number of hydrogen-bond acceptors (Lipinski definition) is 2. The summed E-state index contributed by atoms with van der Waals surface area (Å²) in [7, 11) is 0. The van der Waals surface area contributed by atoms with Crippen LogP contribution in [0.2, 0.25) is 0 Å². The maximum absolute atomic E-state index is 8.77. The minimum absolute atomic E-state index is 0.920. The molecule has 0 aromatic carbocycles. The molecule has 0 bridgehead atoms. The first-order valence-electron chi connectivity index (χ1n) is 4.05. The quantitative estimate of drug-likeness (QED) is 0.373. The van der Waals surface area contributed by atoms with Crippen molar-refractivity contribution in [1.29, 1.82) is 5.26 Å². The van der Waals surface area contributed by atoms with Gasteiger partial charge >= 0.3 is 0 Å². The average molecular weight is 153 g/mol.